The molecule has 0 saturated carbocycles. The molecule has 0 aromatic carbocycles. The van der Waals surface area contributed by atoms with Crippen LogP contribution in [-0.2, 0) is 4.74 Å². The van der Waals surface area contributed by atoms with Gasteiger partial charge in [-0.2, -0.15) is 0 Å². The summed E-state index contributed by atoms with van der Waals surface area (Å²) in [7, 11) is 1.65. The maximum atomic E-state index is 9.90. The van der Waals surface area contributed by atoms with Crippen molar-refractivity contribution in [2.75, 3.05) is 13.7 Å². The molecule has 2 heteroatoms. The molecule has 1 unspecified atom stereocenters. The number of ether oxygens (including phenoxy) is 1. The van der Waals surface area contributed by atoms with E-state index in [-0.39, 0.29) is 5.41 Å². The molecule has 0 heterocycles. The quantitative estimate of drug-likeness (QED) is 0.682. The zero-order valence-corrected chi connectivity index (χ0v) is 8.27. The summed E-state index contributed by atoms with van der Waals surface area (Å²) in [6, 6.07) is 0. The second-order valence-electron chi connectivity index (χ2n) is 4.27. The molecule has 0 spiro atoms. The predicted molar refractivity (Wildman–Crippen MR) is 46.6 cm³/mol. The molecule has 0 rings (SSSR count). The van der Waals surface area contributed by atoms with Crippen LogP contribution in [-0.4, -0.2) is 24.4 Å². The van der Waals surface area contributed by atoms with Crippen molar-refractivity contribution in [2.24, 2.45) is 5.41 Å². The summed E-state index contributed by atoms with van der Waals surface area (Å²) in [5.74, 6) is 0. The monoisotopic (exact) mass is 160 g/mol. The van der Waals surface area contributed by atoms with Gasteiger partial charge >= 0.3 is 0 Å². The minimum atomic E-state index is -0.636. The minimum Gasteiger partial charge on any atom is -0.390 e. The second kappa shape index (κ2) is 3.55. The van der Waals surface area contributed by atoms with Crippen molar-refractivity contribution in [1.29, 1.82) is 0 Å². The Labute approximate surface area is 69.6 Å². The molecular weight excluding hydrogens is 140 g/mol. The van der Waals surface area contributed by atoms with E-state index in [1.54, 1.807) is 7.11 Å². The second-order valence-corrected chi connectivity index (χ2v) is 4.27. The third-order valence-corrected chi connectivity index (χ3v) is 2.41. The number of hydrogen-bond donors (Lipinski definition) is 1. The number of methoxy groups -OCH3 is 1. The molecule has 11 heavy (non-hydrogen) atoms. The molecule has 1 atom stereocenters. The molecule has 0 bridgehead atoms. The van der Waals surface area contributed by atoms with Crippen LogP contribution in [0.3, 0.4) is 0 Å². The summed E-state index contributed by atoms with van der Waals surface area (Å²) >= 11 is 0. The van der Waals surface area contributed by atoms with Crippen molar-refractivity contribution in [2.45, 2.75) is 39.7 Å². The van der Waals surface area contributed by atoms with Crippen molar-refractivity contribution >= 4 is 0 Å². The summed E-state index contributed by atoms with van der Waals surface area (Å²) in [4.78, 5) is 0. The molecular formula is C9H20O2. The summed E-state index contributed by atoms with van der Waals surface area (Å²) in [5.41, 5.74) is -0.714. The highest BCUT2D eigenvalue weighted by molar-refractivity contribution is 4.85. The van der Waals surface area contributed by atoms with Gasteiger partial charge in [-0.05, 0) is 18.8 Å². The molecule has 2 nitrogen and oxygen atoms in total. The van der Waals surface area contributed by atoms with Crippen molar-refractivity contribution in [3.8, 4) is 0 Å². The van der Waals surface area contributed by atoms with Gasteiger partial charge in [-0.3, -0.25) is 0 Å². The first kappa shape index (κ1) is 10.9. The predicted octanol–water partition coefficient (Wildman–Crippen LogP) is 1.82. The van der Waals surface area contributed by atoms with Crippen LogP contribution in [0.15, 0.2) is 0 Å². The first-order chi connectivity index (χ1) is 4.81. The largest absolute Gasteiger partial charge is 0.390 e. The summed E-state index contributed by atoms with van der Waals surface area (Å²) in [6.45, 7) is 8.56. The van der Waals surface area contributed by atoms with Gasteiger partial charge in [-0.25, -0.2) is 0 Å². The van der Waals surface area contributed by atoms with Crippen molar-refractivity contribution in [3.05, 3.63) is 0 Å². The van der Waals surface area contributed by atoms with Crippen LogP contribution in [0.1, 0.15) is 34.1 Å². The average molecular weight is 160 g/mol. The highest BCUT2D eigenvalue weighted by Crippen LogP contribution is 2.32. The van der Waals surface area contributed by atoms with Crippen LogP contribution in [0.2, 0.25) is 0 Å². The van der Waals surface area contributed by atoms with Crippen molar-refractivity contribution in [3.63, 3.8) is 0 Å². The van der Waals surface area contributed by atoms with Crippen LogP contribution < -0.4 is 0 Å². The molecule has 1 N–H and O–H groups in total. The standard InChI is InChI=1S/C9H20O2/c1-8(2,3)9(4,10)6-7-11-5/h10H,6-7H2,1-5H3. The van der Waals surface area contributed by atoms with Gasteiger partial charge in [0.1, 0.15) is 0 Å². The minimum absolute atomic E-state index is 0.0778. The molecule has 0 aliphatic carbocycles. The maximum absolute atomic E-state index is 9.90. The van der Waals surface area contributed by atoms with Gasteiger partial charge in [-0.1, -0.05) is 20.8 Å². The maximum Gasteiger partial charge on any atom is 0.0689 e. The lowest BCUT2D eigenvalue weighted by Crippen LogP contribution is -2.40. The molecule has 0 aliphatic heterocycles. The van der Waals surface area contributed by atoms with E-state index in [0.29, 0.717) is 13.0 Å². The lowest BCUT2D eigenvalue weighted by Gasteiger charge is -2.36. The molecule has 0 aromatic heterocycles. The van der Waals surface area contributed by atoms with Gasteiger partial charge in [0.05, 0.1) is 5.60 Å². The van der Waals surface area contributed by atoms with Crippen LogP contribution in [0, 0.1) is 5.41 Å². The third-order valence-electron chi connectivity index (χ3n) is 2.41. The Bertz CT molecular complexity index is 111. The first-order valence-corrected chi connectivity index (χ1v) is 4.02. The normalized spacial score (nSPS) is 18.0. The highest BCUT2D eigenvalue weighted by atomic mass is 16.5. The molecule has 0 radical (unpaired) electrons. The van der Waals surface area contributed by atoms with Crippen LogP contribution in [0.25, 0.3) is 0 Å². The zero-order chi connectivity index (χ0) is 9.12. The zero-order valence-electron chi connectivity index (χ0n) is 8.27. The smallest absolute Gasteiger partial charge is 0.0689 e. The van der Waals surface area contributed by atoms with Crippen molar-refractivity contribution < 1.29 is 9.84 Å². The SMILES string of the molecule is COCCC(C)(O)C(C)(C)C. The topological polar surface area (TPSA) is 29.5 Å². The molecule has 0 amide bonds. The number of hydrogen-bond acceptors (Lipinski definition) is 2. The fourth-order valence-electron chi connectivity index (χ4n) is 0.676. The Morgan fingerprint density at radius 3 is 1.91 bits per heavy atom. The summed E-state index contributed by atoms with van der Waals surface area (Å²) < 4.78 is 4.91. The number of rotatable bonds is 3. The summed E-state index contributed by atoms with van der Waals surface area (Å²) in [6.07, 6.45) is 0.688. The highest BCUT2D eigenvalue weighted by Gasteiger charge is 2.34. The van der Waals surface area contributed by atoms with Gasteiger partial charge in [0.15, 0.2) is 0 Å². The van der Waals surface area contributed by atoms with E-state index >= 15 is 0 Å². The van der Waals surface area contributed by atoms with E-state index in [1.807, 2.05) is 27.7 Å². The van der Waals surface area contributed by atoms with Gasteiger partial charge in [0, 0.05) is 13.7 Å². The van der Waals surface area contributed by atoms with Gasteiger partial charge < -0.3 is 9.84 Å². The molecule has 0 aliphatic rings. The van der Waals surface area contributed by atoms with Crippen LogP contribution in [0.4, 0.5) is 0 Å². The lowest BCUT2D eigenvalue weighted by atomic mass is 9.76. The Morgan fingerprint density at radius 1 is 1.18 bits per heavy atom. The van der Waals surface area contributed by atoms with Crippen LogP contribution in [0.5, 0.6) is 0 Å². The average Bonchev–Trinajstić information content (AvgIpc) is 1.81. The molecule has 0 aromatic rings. The Balaban J connectivity index is 4.00. The summed E-state index contributed by atoms with van der Waals surface area (Å²) in [5, 5.41) is 9.90. The first-order valence-electron chi connectivity index (χ1n) is 4.02. The molecule has 0 fully saturated rings. The Kier molecular flexibility index (Phi) is 3.52. The third kappa shape index (κ3) is 3.21. The van der Waals surface area contributed by atoms with Gasteiger partial charge in [-0.15, -0.1) is 0 Å². The van der Waals surface area contributed by atoms with E-state index in [9.17, 15) is 5.11 Å². The Hall–Kier alpha value is -0.0800. The van der Waals surface area contributed by atoms with E-state index in [1.165, 1.54) is 0 Å². The van der Waals surface area contributed by atoms with E-state index in [0.717, 1.165) is 0 Å². The fraction of sp³-hybridized carbons (Fsp3) is 1.00. The van der Waals surface area contributed by atoms with E-state index in [4.69, 9.17) is 4.74 Å². The number of aliphatic hydroxyl groups is 1. The molecule has 68 valence electrons. The van der Waals surface area contributed by atoms with Crippen LogP contribution >= 0.6 is 0 Å². The van der Waals surface area contributed by atoms with Gasteiger partial charge in [0.25, 0.3) is 0 Å². The van der Waals surface area contributed by atoms with Crippen molar-refractivity contribution in [1.82, 2.24) is 0 Å². The lowest BCUT2D eigenvalue weighted by molar-refractivity contribution is -0.0611. The van der Waals surface area contributed by atoms with E-state index in [2.05, 4.69) is 0 Å². The molecule has 0 saturated heterocycles. The van der Waals surface area contributed by atoms with E-state index < -0.39 is 5.60 Å². The Morgan fingerprint density at radius 2 is 1.64 bits per heavy atom. The fourth-order valence-corrected chi connectivity index (χ4v) is 0.676. The van der Waals surface area contributed by atoms with Gasteiger partial charge in [0.2, 0.25) is 0 Å².